The van der Waals surface area contributed by atoms with E-state index in [1.54, 1.807) is 12.3 Å². The standard InChI is InChI=1S/C25H33N9O/c1-18(2)32-7-9-33(10-8-32)24-6-4-20(17-28-24)29-23-15-21(19-3-5-22(26)27-16-19)30-25(31-23)34-11-13-35-14-12-34/h3-6,15-18H,7-14H2,1-2H3,(H2,26,27)(H,29,30,31). The van der Waals surface area contributed by atoms with Crippen molar-refractivity contribution in [3.63, 3.8) is 0 Å². The van der Waals surface area contributed by atoms with E-state index in [1.807, 2.05) is 18.3 Å². The lowest BCUT2D eigenvalue weighted by molar-refractivity contribution is 0.122. The lowest BCUT2D eigenvalue weighted by atomic mass is 10.2. The molecule has 3 aromatic rings. The Morgan fingerprint density at radius 3 is 2.34 bits per heavy atom. The number of nitrogens with two attached hydrogens (primary N) is 1. The van der Waals surface area contributed by atoms with Gasteiger partial charge in [-0.05, 0) is 38.1 Å². The second kappa shape index (κ2) is 10.4. The summed E-state index contributed by atoms with van der Waals surface area (Å²) in [5.41, 5.74) is 8.32. The number of morpholine rings is 1. The molecule has 0 unspecified atom stereocenters. The zero-order chi connectivity index (χ0) is 24.2. The second-order valence-corrected chi connectivity index (χ2v) is 9.16. The highest BCUT2D eigenvalue weighted by molar-refractivity contribution is 5.68. The van der Waals surface area contributed by atoms with E-state index in [0.717, 1.165) is 62.0 Å². The molecule has 5 heterocycles. The number of aromatic nitrogens is 4. The molecule has 3 N–H and O–H groups in total. The first kappa shape index (κ1) is 23.3. The van der Waals surface area contributed by atoms with Crippen LogP contribution in [-0.4, -0.2) is 83.4 Å². The zero-order valence-electron chi connectivity index (χ0n) is 20.4. The Labute approximate surface area is 206 Å². The van der Waals surface area contributed by atoms with Gasteiger partial charge in [-0.15, -0.1) is 0 Å². The van der Waals surface area contributed by atoms with E-state index >= 15 is 0 Å². The summed E-state index contributed by atoms with van der Waals surface area (Å²) in [6.07, 6.45) is 3.60. The number of hydrogen-bond acceptors (Lipinski definition) is 10. The van der Waals surface area contributed by atoms with E-state index < -0.39 is 0 Å². The Balaban J connectivity index is 1.35. The molecule has 0 aliphatic carbocycles. The number of nitrogen functional groups attached to an aromatic ring is 1. The monoisotopic (exact) mass is 475 g/mol. The molecule has 5 rings (SSSR count). The molecule has 10 heteroatoms. The van der Waals surface area contributed by atoms with E-state index in [-0.39, 0.29) is 0 Å². The summed E-state index contributed by atoms with van der Waals surface area (Å²) in [4.78, 5) is 25.5. The molecule has 0 spiro atoms. The lowest BCUT2D eigenvalue weighted by Gasteiger charge is -2.37. The minimum Gasteiger partial charge on any atom is -0.384 e. The smallest absolute Gasteiger partial charge is 0.228 e. The van der Waals surface area contributed by atoms with Gasteiger partial charge in [-0.3, -0.25) is 4.90 Å². The van der Waals surface area contributed by atoms with Crippen molar-refractivity contribution in [3.05, 3.63) is 42.7 Å². The molecule has 2 saturated heterocycles. The molecular weight excluding hydrogens is 442 g/mol. The maximum Gasteiger partial charge on any atom is 0.228 e. The first-order valence-electron chi connectivity index (χ1n) is 12.2. The van der Waals surface area contributed by atoms with Crippen LogP contribution in [0.15, 0.2) is 42.7 Å². The Morgan fingerprint density at radius 2 is 1.69 bits per heavy atom. The minimum absolute atomic E-state index is 0.478. The zero-order valence-corrected chi connectivity index (χ0v) is 20.4. The first-order chi connectivity index (χ1) is 17.0. The van der Waals surface area contributed by atoms with Crippen LogP contribution in [0.4, 0.5) is 29.1 Å². The van der Waals surface area contributed by atoms with Crippen molar-refractivity contribution < 1.29 is 4.74 Å². The van der Waals surface area contributed by atoms with Gasteiger partial charge in [0.25, 0.3) is 0 Å². The van der Waals surface area contributed by atoms with Gasteiger partial charge in [0.2, 0.25) is 5.95 Å². The number of nitrogens with one attached hydrogen (secondary N) is 1. The molecule has 0 radical (unpaired) electrons. The summed E-state index contributed by atoms with van der Waals surface area (Å²) in [6.45, 7) is 11.4. The van der Waals surface area contributed by atoms with E-state index in [2.05, 4.69) is 51.0 Å². The fourth-order valence-electron chi connectivity index (χ4n) is 4.37. The van der Waals surface area contributed by atoms with Crippen molar-refractivity contribution in [1.29, 1.82) is 0 Å². The van der Waals surface area contributed by atoms with E-state index in [0.29, 0.717) is 36.8 Å². The van der Waals surface area contributed by atoms with E-state index in [9.17, 15) is 0 Å². The summed E-state index contributed by atoms with van der Waals surface area (Å²) in [6, 6.07) is 10.3. The second-order valence-electron chi connectivity index (χ2n) is 9.16. The largest absolute Gasteiger partial charge is 0.384 e. The summed E-state index contributed by atoms with van der Waals surface area (Å²) in [7, 11) is 0. The van der Waals surface area contributed by atoms with Crippen LogP contribution in [0.2, 0.25) is 0 Å². The quantitative estimate of drug-likeness (QED) is 0.552. The Bertz CT molecular complexity index is 1110. The molecule has 0 atom stereocenters. The minimum atomic E-state index is 0.478. The highest BCUT2D eigenvalue weighted by Gasteiger charge is 2.20. The average molecular weight is 476 g/mol. The maximum absolute atomic E-state index is 5.78. The lowest BCUT2D eigenvalue weighted by Crippen LogP contribution is -2.49. The number of nitrogens with zero attached hydrogens (tertiary/aromatic N) is 7. The predicted octanol–water partition coefficient (Wildman–Crippen LogP) is 2.63. The number of ether oxygens (including phenoxy) is 1. The molecule has 0 saturated carbocycles. The number of anilines is 5. The van der Waals surface area contributed by atoms with Gasteiger partial charge >= 0.3 is 0 Å². The van der Waals surface area contributed by atoms with Crippen molar-refractivity contribution in [1.82, 2.24) is 24.8 Å². The van der Waals surface area contributed by atoms with Crippen molar-refractivity contribution in [3.8, 4) is 11.3 Å². The third kappa shape index (κ3) is 5.60. The summed E-state index contributed by atoms with van der Waals surface area (Å²) in [5, 5.41) is 3.41. The van der Waals surface area contributed by atoms with Crippen LogP contribution in [0.1, 0.15) is 13.8 Å². The Morgan fingerprint density at radius 1 is 0.886 bits per heavy atom. The fraction of sp³-hybridized carbons (Fsp3) is 0.440. The van der Waals surface area contributed by atoms with Gasteiger partial charge < -0.3 is 25.6 Å². The Kier molecular flexibility index (Phi) is 6.91. The van der Waals surface area contributed by atoms with Crippen molar-refractivity contribution in [2.75, 3.05) is 73.3 Å². The van der Waals surface area contributed by atoms with Crippen LogP contribution in [0.25, 0.3) is 11.3 Å². The van der Waals surface area contributed by atoms with Gasteiger partial charge in [-0.25, -0.2) is 15.0 Å². The molecule has 0 amide bonds. The van der Waals surface area contributed by atoms with Gasteiger partial charge in [0.05, 0.1) is 30.8 Å². The summed E-state index contributed by atoms with van der Waals surface area (Å²) >= 11 is 0. The van der Waals surface area contributed by atoms with Gasteiger partial charge in [0, 0.05) is 63.1 Å². The highest BCUT2D eigenvalue weighted by atomic mass is 16.5. The highest BCUT2D eigenvalue weighted by Crippen LogP contribution is 2.26. The van der Waals surface area contributed by atoms with Crippen molar-refractivity contribution in [2.45, 2.75) is 19.9 Å². The van der Waals surface area contributed by atoms with Gasteiger partial charge in [0.1, 0.15) is 17.5 Å². The molecule has 2 aliphatic rings. The Hall–Kier alpha value is -3.50. The number of rotatable bonds is 6. The van der Waals surface area contributed by atoms with E-state index in [1.165, 1.54) is 0 Å². The van der Waals surface area contributed by atoms with E-state index in [4.69, 9.17) is 25.4 Å². The molecule has 0 bridgehead atoms. The van der Waals surface area contributed by atoms with Crippen LogP contribution in [0.5, 0.6) is 0 Å². The third-order valence-electron chi connectivity index (χ3n) is 6.48. The number of pyridine rings is 2. The van der Waals surface area contributed by atoms with Crippen LogP contribution in [-0.2, 0) is 4.74 Å². The third-order valence-corrected chi connectivity index (χ3v) is 6.48. The number of hydrogen-bond donors (Lipinski definition) is 2. The van der Waals surface area contributed by atoms with Gasteiger partial charge in [-0.2, -0.15) is 4.98 Å². The van der Waals surface area contributed by atoms with Crippen molar-refractivity contribution >= 4 is 29.1 Å². The molecule has 2 aliphatic heterocycles. The van der Waals surface area contributed by atoms with Gasteiger partial charge in [0.15, 0.2) is 0 Å². The fourth-order valence-corrected chi connectivity index (χ4v) is 4.37. The maximum atomic E-state index is 5.78. The molecule has 0 aromatic carbocycles. The van der Waals surface area contributed by atoms with Crippen LogP contribution >= 0.6 is 0 Å². The average Bonchev–Trinajstić information content (AvgIpc) is 2.90. The van der Waals surface area contributed by atoms with Crippen LogP contribution < -0.4 is 20.9 Å². The predicted molar refractivity (Wildman–Crippen MR) is 139 cm³/mol. The number of piperazine rings is 1. The molecule has 3 aromatic heterocycles. The SMILES string of the molecule is CC(C)N1CCN(c2ccc(Nc3cc(-c4ccc(N)nc4)nc(N4CCOCC4)n3)cn2)CC1. The molecular formula is C25H33N9O. The normalized spacial score (nSPS) is 17.1. The topological polar surface area (TPSA) is 109 Å². The van der Waals surface area contributed by atoms with Gasteiger partial charge in [-0.1, -0.05) is 0 Å². The van der Waals surface area contributed by atoms with Crippen molar-refractivity contribution in [2.24, 2.45) is 0 Å². The molecule has 184 valence electrons. The molecule has 35 heavy (non-hydrogen) atoms. The molecule has 10 nitrogen and oxygen atoms in total. The summed E-state index contributed by atoms with van der Waals surface area (Å²) in [5.74, 6) is 2.85. The first-order valence-corrected chi connectivity index (χ1v) is 12.2. The van der Waals surface area contributed by atoms with Crippen LogP contribution in [0, 0.1) is 0 Å². The molecule has 2 fully saturated rings. The van der Waals surface area contributed by atoms with Crippen LogP contribution in [0.3, 0.4) is 0 Å². The summed E-state index contributed by atoms with van der Waals surface area (Å²) < 4.78 is 5.50.